The Hall–Kier alpha value is -1.30. The fourth-order valence-corrected chi connectivity index (χ4v) is 1.69. The maximum Gasteiger partial charge on any atom is -0.0105 e. The lowest BCUT2D eigenvalue weighted by Crippen LogP contribution is -1.92. The minimum Gasteiger partial charge on any atom is -0.0988 e. The number of hydrogen-bond donors (Lipinski definition) is 0. The third-order valence-electron chi connectivity index (χ3n) is 2.90. The second-order valence-electron chi connectivity index (χ2n) is 4.64. The molecule has 1 rings (SSSR count). The van der Waals surface area contributed by atoms with Crippen molar-refractivity contribution in [1.29, 1.82) is 0 Å². The number of hydrogen-bond acceptors (Lipinski definition) is 0. The Kier molecular flexibility index (Phi) is 5.04. The molecule has 0 aromatic rings. The van der Waals surface area contributed by atoms with Crippen molar-refractivity contribution >= 4 is 0 Å². The van der Waals surface area contributed by atoms with E-state index in [2.05, 4.69) is 51.7 Å². The molecule has 0 aromatic carbocycles. The van der Waals surface area contributed by atoms with Gasteiger partial charge in [0.2, 0.25) is 0 Å². The summed E-state index contributed by atoms with van der Waals surface area (Å²) in [5.74, 6) is 0. The van der Waals surface area contributed by atoms with Gasteiger partial charge in [0, 0.05) is 0 Å². The molecule has 0 N–H and O–H groups in total. The van der Waals surface area contributed by atoms with Crippen molar-refractivity contribution < 1.29 is 0 Å². The molecular formula is C16H22. The molecule has 0 heterocycles. The van der Waals surface area contributed by atoms with Crippen molar-refractivity contribution in [3.05, 3.63) is 59.3 Å². The molecule has 0 spiro atoms. The minimum atomic E-state index is 1.10. The second-order valence-corrected chi connectivity index (χ2v) is 4.64. The summed E-state index contributed by atoms with van der Waals surface area (Å²) in [6, 6.07) is 0. The molecule has 86 valence electrons. The van der Waals surface area contributed by atoms with E-state index >= 15 is 0 Å². The van der Waals surface area contributed by atoms with Crippen molar-refractivity contribution in [2.75, 3.05) is 0 Å². The van der Waals surface area contributed by atoms with Crippen LogP contribution in [0, 0.1) is 0 Å². The van der Waals surface area contributed by atoms with Crippen molar-refractivity contribution in [1.82, 2.24) is 0 Å². The van der Waals surface area contributed by atoms with Gasteiger partial charge in [0.1, 0.15) is 0 Å². The Morgan fingerprint density at radius 1 is 1.25 bits per heavy atom. The summed E-state index contributed by atoms with van der Waals surface area (Å²) < 4.78 is 0. The maximum absolute atomic E-state index is 3.75. The van der Waals surface area contributed by atoms with Gasteiger partial charge in [0.25, 0.3) is 0 Å². The summed E-state index contributed by atoms with van der Waals surface area (Å²) in [5, 5.41) is 0. The van der Waals surface area contributed by atoms with Gasteiger partial charge < -0.3 is 0 Å². The van der Waals surface area contributed by atoms with Crippen LogP contribution in [0.1, 0.15) is 40.0 Å². The summed E-state index contributed by atoms with van der Waals surface area (Å²) in [6.45, 7) is 10.2. The molecule has 0 saturated carbocycles. The summed E-state index contributed by atoms with van der Waals surface area (Å²) in [4.78, 5) is 0. The summed E-state index contributed by atoms with van der Waals surface area (Å²) in [5.41, 5.74) is 5.67. The summed E-state index contributed by atoms with van der Waals surface area (Å²) >= 11 is 0. The highest BCUT2D eigenvalue weighted by atomic mass is 14.1. The molecular weight excluding hydrogens is 192 g/mol. The number of allylic oxidation sites excluding steroid dienone is 9. The Morgan fingerprint density at radius 2 is 2.00 bits per heavy atom. The van der Waals surface area contributed by atoms with E-state index in [0.717, 1.165) is 6.42 Å². The van der Waals surface area contributed by atoms with Crippen molar-refractivity contribution in [2.24, 2.45) is 0 Å². The summed E-state index contributed by atoms with van der Waals surface area (Å²) in [6.07, 6.45) is 14.3. The van der Waals surface area contributed by atoms with Gasteiger partial charge in [0.05, 0.1) is 0 Å². The van der Waals surface area contributed by atoms with Gasteiger partial charge in [-0.15, -0.1) is 0 Å². The normalized spacial score (nSPS) is 17.9. The SMILES string of the molecule is C=C/C(C)=C\C=C(/C)CC1=CC=C(C)CC1. The van der Waals surface area contributed by atoms with Gasteiger partial charge >= 0.3 is 0 Å². The highest BCUT2D eigenvalue weighted by Crippen LogP contribution is 2.23. The van der Waals surface area contributed by atoms with Gasteiger partial charge in [-0.2, -0.15) is 0 Å². The van der Waals surface area contributed by atoms with E-state index in [9.17, 15) is 0 Å². The summed E-state index contributed by atoms with van der Waals surface area (Å²) in [7, 11) is 0. The first-order chi connectivity index (χ1) is 7.61. The third-order valence-corrected chi connectivity index (χ3v) is 2.90. The molecule has 0 atom stereocenters. The molecule has 0 nitrogen and oxygen atoms in total. The van der Waals surface area contributed by atoms with E-state index in [0.29, 0.717) is 0 Å². The Morgan fingerprint density at radius 3 is 2.56 bits per heavy atom. The maximum atomic E-state index is 3.75. The molecule has 1 aliphatic carbocycles. The molecule has 0 saturated heterocycles. The predicted octanol–water partition coefficient (Wildman–Crippen LogP) is 5.12. The predicted molar refractivity (Wildman–Crippen MR) is 73.4 cm³/mol. The van der Waals surface area contributed by atoms with Crippen LogP contribution < -0.4 is 0 Å². The zero-order valence-corrected chi connectivity index (χ0v) is 10.7. The molecule has 0 aromatic heterocycles. The van der Waals surface area contributed by atoms with Gasteiger partial charge in [-0.05, 0) is 40.0 Å². The van der Waals surface area contributed by atoms with Crippen LogP contribution in [0.2, 0.25) is 0 Å². The van der Waals surface area contributed by atoms with E-state index in [1.165, 1.54) is 29.6 Å². The zero-order valence-electron chi connectivity index (χ0n) is 10.7. The van der Waals surface area contributed by atoms with Crippen LogP contribution in [0.5, 0.6) is 0 Å². The third kappa shape index (κ3) is 4.48. The van der Waals surface area contributed by atoms with Crippen LogP contribution >= 0.6 is 0 Å². The first-order valence-corrected chi connectivity index (χ1v) is 5.93. The average molecular weight is 214 g/mol. The molecule has 0 fully saturated rings. The van der Waals surface area contributed by atoms with E-state index in [4.69, 9.17) is 0 Å². The van der Waals surface area contributed by atoms with Gasteiger partial charge in [-0.1, -0.05) is 59.3 Å². The van der Waals surface area contributed by atoms with Crippen molar-refractivity contribution in [3.8, 4) is 0 Å². The van der Waals surface area contributed by atoms with Crippen molar-refractivity contribution in [2.45, 2.75) is 40.0 Å². The minimum absolute atomic E-state index is 1.10. The highest BCUT2D eigenvalue weighted by molar-refractivity contribution is 5.28. The van der Waals surface area contributed by atoms with E-state index in [1.807, 2.05) is 6.08 Å². The zero-order chi connectivity index (χ0) is 12.0. The largest absolute Gasteiger partial charge is 0.0988 e. The molecule has 0 amide bonds. The van der Waals surface area contributed by atoms with Crippen LogP contribution in [-0.4, -0.2) is 0 Å². The van der Waals surface area contributed by atoms with Crippen LogP contribution in [-0.2, 0) is 0 Å². The Labute approximate surface area is 99.8 Å². The second kappa shape index (κ2) is 6.32. The molecule has 0 heteroatoms. The van der Waals surface area contributed by atoms with Crippen LogP contribution in [0.4, 0.5) is 0 Å². The van der Waals surface area contributed by atoms with Gasteiger partial charge in [0.15, 0.2) is 0 Å². The molecule has 0 aliphatic heterocycles. The Bertz CT molecular complexity index is 373. The Balaban J connectivity index is 2.58. The van der Waals surface area contributed by atoms with Gasteiger partial charge in [-0.3, -0.25) is 0 Å². The lowest BCUT2D eigenvalue weighted by Gasteiger charge is -2.12. The molecule has 16 heavy (non-hydrogen) atoms. The van der Waals surface area contributed by atoms with Crippen LogP contribution in [0.3, 0.4) is 0 Å². The van der Waals surface area contributed by atoms with E-state index < -0.39 is 0 Å². The first kappa shape index (κ1) is 12.8. The smallest absolute Gasteiger partial charge is 0.0105 e. The fraction of sp³-hybridized carbons (Fsp3) is 0.375. The lowest BCUT2D eigenvalue weighted by atomic mass is 9.94. The standard InChI is InChI=1S/C16H22/c1-5-13(2)6-7-15(4)12-16-10-8-14(3)9-11-16/h5-8,10H,1,9,11-12H2,2-4H3/b13-6-,15-7+. The number of rotatable bonds is 4. The topological polar surface area (TPSA) is 0 Å². The van der Waals surface area contributed by atoms with Crippen LogP contribution in [0.25, 0.3) is 0 Å². The molecule has 1 aliphatic rings. The average Bonchev–Trinajstić information content (AvgIpc) is 2.29. The fourth-order valence-electron chi connectivity index (χ4n) is 1.69. The lowest BCUT2D eigenvalue weighted by molar-refractivity contribution is 0.865. The quantitative estimate of drug-likeness (QED) is 0.570. The van der Waals surface area contributed by atoms with E-state index in [-0.39, 0.29) is 0 Å². The van der Waals surface area contributed by atoms with Crippen LogP contribution in [0.15, 0.2) is 59.3 Å². The molecule has 0 radical (unpaired) electrons. The van der Waals surface area contributed by atoms with Crippen molar-refractivity contribution in [3.63, 3.8) is 0 Å². The highest BCUT2D eigenvalue weighted by Gasteiger charge is 2.03. The molecule has 0 unspecified atom stereocenters. The monoisotopic (exact) mass is 214 g/mol. The van der Waals surface area contributed by atoms with Gasteiger partial charge in [-0.25, -0.2) is 0 Å². The van der Waals surface area contributed by atoms with E-state index in [1.54, 1.807) is 5.57 Å². The molecule has 0 bridgehead atoms. The first-order valence-electron chi connectivity index (χ1n) is 5.93.